The summed E-state index contributed by atoms with van der Waals surface area (Å²) in [5, 5.41) is 0. The van der Waals surface area contributed by atoms with Crippen LogP contribution in [0.25, 0.3) is 0 Å². The molecule has 4 rings (SSSR count). The van der Waals surface area contributed by atoms with Gasteiger partial charge in [0, 0.05) is 11.8 Å². The number of fused-ring (bicyclic) bond motifs is 4. The molecule has 2 fully saturated rings. The quantitative estimate of drug-likeness (QED) is 0.401. The standard InChI is InChI=1S/C30H50O/c1-20(2)10-9-11-21(3)22-14-18-30(8)24-12-13-25-27(4,5)26(31)16-17-28(25,6)23(24)15-19-29(22,30)7/h20-22,25H,9-19H2,1-8H3/t21-,22-,25+,28-,29+,30+/m0/s1. The van der Waals surface area contributed by atoms with Crippen LogP contribution in [0, 0.1) is 45.3 Å². The smallest absolute Gasteiger partial charge is 0.138 e. The number of allylic oxidation sites excluding steroid dienone is 2. The van der Waals surface area contributed by atoms with Gasteiger partial charge in [0.05, 0.1) is 0 Å². The van der Waals surface area contributed by atoms with Gasteiger partial charge in [-0.25, -0.2) is 0 Å². The third kappa shape index (κ3) is 3.33. The third-order valence-electron chi connectivity index (χ3n) is 11.7. The summed E-state index contributed by atoms with van der Waals surface area (Å²) in [6.07, 6.45) is 14.1. The highest BCUT2D eigenvalue weighted by molar-refractivity contribution is 5.85. The summed E-state index contributed by atoms with van der Waals surface area (Å²) in [5.41, 5.74) is 4.65. The fourth-order valence-corrected chi connectivity index (χ4v) is 9.49. The van der Waals surface area contributed by atoms with Crippen LogP contribution in [0.5, 0.6) is 0 Å². The Morgan fingerprint density at radius 2 is 1.55 bits per heavy atom. The van der Waals surface area contributed by atoms with Crippen LogP contribution in [-0.4, -0.2) is 5.78 Å². The van der Waals surface area contributed by atoms with Crippen LogP contribution in [0.2, 0.25) is 0 Å². The summed E-state index contributed by atoms with van der Waals surface area (Å²) in [6, 6.07) is 0. The van der Waals surface area contributed by atoms with Crippen molar-refractivity contribution in [1.29, 1.82) is 0 Å². The first-order valence-corrected chi connectivity index (χ1v) is 13.6. The number of Topliss-reactive ketones (excluding diaryl/α,β-unsaturated/α-hetero) is 1. The molecule has 0 aromatic heterocycles. The Hall–Kier alpha value is -0.590. The molecule has 1 nitrogen and oxygen atoms in total. The molecule has 31 heavy (non-hydrogen) atoms. The first-order valence-electron chi connectivity index (χ1n) is 13.6. The number of carbonyl (C=O) groups is 1. The van der Waals surface area contributed by atoms with Crippen molar-refractivity contribution in [1.82, 2.24) is 0 Å². The number of rotatable bonds is 5. The number of ketones is 1. The second-order valence-electron chi connectivity index (χ2n) is 13.8. The van der Waals surface area contributed by atoms with Crippen molar-refractivity contribution in [3.63, 3.8) is 0 Å². The normalized spacial score (nSPS) is 42.9. The van der Waals surface area contributed by atoms with Crippen molar-refractivity contribution in [3.8, 4) is 0 Å². The second kappa shape index (κ2) is 7.73. The molecule has 0 saturated heterocycles. The molecule has 0 heterocycles. The molecule has 6 atom stereocenters. The van der Waals surface area contributed by atoms with Gasteiger partial charge in [0.2, 0.25) is 0 Å². The lowest BCUT2D eigenvalue weighted by atomic mass is 9.43. The van der Waals surface area contributed by atoms with E-state index in [4.69, 9.17) is 0 Å². The average Bonchev–Trinajstić information content (AvgIpc) is 2.96. The maximum Gasteiger partial charge on any atom is 0.138 e. The predicted octanol–water partition coefficient (Wildman–Crippen LogP) is 8.77. The van der Waals surface area contributed by atoms with E-state index < -0.39 is 0 Å². The fourth-order valence-electron chi connectivity index (χ4n) is 9.49. The molecule has 1 heteroatoms. The molecule has 0 N–H and O–H groups in total. The van der Waals surface area contributed by atoms with Crippen molar-refractivity contribution in [3.05, 3.63) is 11.1 Å². The highest BCUT2D eigenvalue weighted by Crippen LogP contribution is 2.72. The van der Waals surface area contributed by atoms with E-state index in [0.717, 1.165) is 30.6 Å². The lowest BCUT2D eigenvalue weighted by Crippen LogP contribution is -2.53. The molecule has 0 aliphatic heterocycles. The molecule has 0 unspecified atom stereocenters. The highest BCUT2D eigenvalue weighted by Gasteiger charge is 2.63. The van der Waals surface area contributed by atoms with Gasteiger partial charge >= 0.3 is 0 Å². The number of hydrogen-bond acceptors (Lipinski definition) is 1. The predicted molar refractivity (Wildman–Crippen MR) is 132 cm³/mol. The molecule has 4 aliphatic rings. The minimum absolute atomic E-state index is 0.143. The Bertz CT molecular complexity index is 756. The van der Waals surface area contributed by atoms with Crippen LogP contribution in [-0.2, 0) is 4.79 Å². The molecular weight excluding hydrogens is 376 g/mol. The van der Waals surface area contributed by atoms with Gasteiger partial charge in [-0.3, -0.25) is 4.79 Å². The summed E-state index contributed by atoms with van der Waals surface area (Å²) in [6.45, 7) is 19.7. The Morgan fingerprint density at radius 3 is 2.23 bits per heavy atom. The van der Waals surface area contributed by atoms with Crippen LogP contribution < -0.4 is 0 Å². The van der Waals surface area contributed by atoms with E-state index in [2.05, 4.69) is 55.4 Å². The summed E-state index contributed by atoms with van der Waals surface area (Å²) < 4.78 is 0. The van der Waals surface area contributed by atoms with Crippen molar-refractivity contribution >= 4 is 5.78 Å². The van der Waals surface area contributed by atoms with Crippen LogP contribution in [0.15, 0.2) is 11.1 Å². The van der Waals surface area contributed by atoms with E-state index in [-0.39, 0.29) is 10.8 Å². The van der Waals surface area contributed by atoms with Crippen molar-refractivity contribution in [2.24, 2.45) is 45.3 Å². The maximum atomic E-state index is 12.8. The van der Waals surface area contributed by atoms with E-state index in [9.17, 15) is 4.79 Å². The average molecular weight is 427 g/mol. The van der Waals surface area contributed by atoms with Gasteiger partial charge in [-0.05, 0) is 84.9 Å². The molecule has 0 spiro atoms. The van der Waals surface area contributed by atoms with Crippen molar-refractivity contribution in [2.75, 3.05) is 0 Å². The van der Waals surface area contributed by atoms with Gasteiger partial charge in [-0.15, -0.1) is 0 Å². The minimum atomic E-state index is -0.143. The van der Waals surface area contributed by atoms with Gasteiger partial charge in [0.25, 0.3) is 0 Å². The number of carbonyl (C=O) groups excluding carboxylic acids is 1. The Balaban J connectivity index is 1.63. The Kier molecular flexibility index (Phi) is 5.88. The van der Waals surface area contributed by atoms with Gasteiger partial charge in [-0.2, -0.15) is 0 Å². The topological polar surface area (TPSA) is 17.1 Å². The molecule has 2 saturated carbocycles. The van der Waals surface area contributed by atoms with E-state index in [1.54, 1.807) is 0 Å². The molecule has 176 valence electrons. The lowest BCUT2D eigenvalue weighted by Gasteiger charge is -2.61. The molecule has 0 bridgehead atoms. The Morgan fingerprint density at radius 1 is 0.839 bits per heavy atom. The summed E-state index contributed by atoms with van der Waals surface area (Å²) in [7, 11) is 0. The zero-order valence-electron chi connectivity index (χ0n) is 22.0. The second-order valence-corrected chi connectivity index (χ2v) is 13.8. The number of hydrogen-bond donors (Lipinski definition) is 0. The van der Waals surface area contributed by atoms with Crippen LogP contribution in [0.3, 0.4) is 0 Å². The van der Waals surface area contributed by atoms with Gasteiger partial charge in [0.1, 0.15) is 5.78 Å². The summed E-state index contributed by atoms with van der Waals surface area (Å²) >= 11 is 0. The molecule has 4 aliphatic carbocycles. The highest BCUT2D eigenvalue weighted by atomic mass is 16.1. The maximum absolute atomic E-state index is 12.8. The monoisotopic (exact) mass is 426 g/mol. The van der Waals surface area contributed by atoms with Gasteiger partial charge in [0.15, 0.2) is 0 Å². The van der Waals surface area contributed by atoms with Crippen molar-refractivity contribution in [2.45, 2.75) is 126 Å². The molecular formula is C30H50O. The van der Waals surface area contributed by atoms with Crippen LogP contribution >= 0.6 is 0 Å². The molecule has 0 amide bonds. The minimum Gasteiger partial charge on any atom is -0.299 e. The zero-order valence-corrected chi connectivity index (χ0v) is 22.0. The first-order chi connectivity index (χ1) is 14.4. The van der Waals surface area contributed by atoms with Gasteiger partial charge in [-0.1, -0.05) is 85.8 Å². The molecule has 0 radical (unpaired) electrons. The summed E-state index contributed by atoms with van der Waals surface area (Å²) in [5.74, 6) is 3.63. The van der Waals surface area contributed by atoms with E-state index in [1.807, 2.05) is 11.1 Å². The van der Waals surface area contributed by atoms with E-state index in [0.29, 0.717) is 22.5 Å². The summed E-state index contributed by atoms with van der Waals surface area (Å²) in [4.78, 5) is 12.8. The van der Waals surface area contributed by atoms with Crippen LogP contribution in [0.1, 0.15) is 126 Å². The fraction of sp³-hybridized carbons (Fsp3) is 0.900. The largest absolute Gasteiger partial charge is 0.299 e. The molecule has 0 aromatic carbocycles. The first kappa shape index (κ1) is 23.6. The zero-order chi connectivity index (χ0) is 22.8. The van der Waals surface area contributed by atoms with Crippen molar-refractivity contribution < 1.29 is 4.79 Å². The SMILES string of the molecule is CC(C)CCC[C@H](C)[C@@H]1CC[C@]2(C)C3=C(CC[C@]12C)[C@]1(C)CCC(=O)C(C)(C)[C@H]1CC3. The van der Waals surface area contributed by atoms with E-state index >= 15 is 0 Å². The van der Waals surface area contributed by atoms with E-state index in [1.165, 1.54) is 57.8 Å². The third-order valence-corrected chi connectivity index (χ3v) is 11.7. The lowest BCUT2D eigenvalue weighted by molar-refractivity contribution is -0.139. The van der Waals surface area contributed by atoms with Gasteiger partial charge < -0.3 is 0 Å². The van der Waals surface area contributed by atoms with Crippen LogP contribution in [0.4, 0.5) is 0 Å². The molecule has 0 aromatic rings. The Labute approximate surface area is 193 Å².